The Morgan fingerprint density at radius 2 is 2.20 bits per heavy atom. The summed E-state index contributed by atoms with van der Waals surface area (Å²) in [6.07, 6.45) is -3.60. The second-order valence-corrected chi connectivity index (χ2v) is 8.07. The Morgan fingerprint density at radius 3 is 2.87 bits per heavy atom. The van der Waals surface area contributed by atoms with Crippen LogP contribution >= 0.6 is 22.9 Å². The van der Waals surface area contributed by atoms with Crippen LogP contribution in [0, 0.1) is 0 Å². The van der Waals surface area contributed by atoms with E-state index in [9.17, 15) is 18.0 Å². The fourth-order valence-electron chi connectivity index (χ4n) is 3.37. The van der Waals surface area contributed by atoms with Crippen molar-refractivity contribution < 1.29 is 22.7 Å². The third-order valence-electron chi connectivity index (χ3n) is 4.78. The number of hydrogen-bond donors (Lipinski definition) is 2. The SMILES string of the molecule is COc1ccc(Cl)cc1NC(=O)c1cnn2c1N[C@@H](c1cccs1)C[C@@H]2C(F)(F)F. The number of rotatable bonds is 4. The Hall–Kier alpha value is -2.72. The minimum absolute atomic E-state index is 0.00691. The molecule has 3 aromatic rings. The summed E-state index contributed by atoms with van der Waals surface area (Å²) in [5, 5.41) is 11.7. The van der Waals surface area contributed by atoms with Gasteiger partial charge < -0.3 is 15.4 Å². The molecule has 0 saturated heterocycles. The summed E-state index contributed by atoms with van der Waals surface area (Å²) in [5.41, 5.74) is 0.292. The van der Waals surface area contributed by atoms with Gasteiger partial charge in [0.2, 0.25) is 0 Å². The number of methoxy groups -OCH3 is 1. The molecule has 0 aliphatic carbocycles. The minimum Gasteiger partial charge on any atom is -0.495 e. The van der Waals surface area contributed by atoms with E-state index < -0.39 is 24.2 Å². The molecule has 4 rings (SSSR count). The van der Waals surface area contributed by atoms with Crippen LogP contribution in [0.15, 0.2) is 41.9 Å². The number of fused-ring (bicyclic) bond motifs is 1. The molecule has 0 fully saturated rings. The van der Waals surface area contributed by atoms with Gasteiger partial charge in [-0.25, -0.2) is 4.68 Å². The topological polar surface area (TPSA) is 68.2 Å². The van der Waals surface area contributed by atoms with E-state index in [-0.39, 0.29) is 17.8 Å². The fourth-order valence-corrected chi connectivity index (χ4v) is 4.34. The highest BCUT2D eigenvalue weighted by Crippen LogP contribution is 2.45. The van der Waals surface area contributed by atoms with E-state index in [0.717, 1.165) is 15.8 Å². The van der Waals surface area contributed by atoms with Crippen LogP contribution in [0.5, 0.6) is 5.75 Å². The van der Waals surface area contributed by atoms with E-state index in [2.05, 4.69) is 15.7 Å². The molecule has 1 aliphatic heterocycles. The van der Waals surface area contributed by atoms with E-state index in [0.29, 0.717) is 16.5 Å². The van der Waals surface area contributed by atoms with Gasteiger partial charge in [0.05, 0.1) is 25.0 Å². The van der Waals surface area contributed by atoms with Gasteiger partial charge in [-0.2, -0.15) is 18.3 Å². The molecule has 0 radical (unpaired) electrons. The minimum atomic E-state index is -4.51. The highest BCUT2D eigenvalue weighted by Gasteiger charge is 2.47. The number of aromatic nitrogens is 2. The molecule has 1 aliphatic rings. The monoisotopic (exact) mass is 456 g/mol. The number of anilines is 2. The normalized spacial score (nSPS) is 18.4. The van der Waals surface area contributed by atoms with Crippen molar-refractivity contribution in [3.8, 4) is 5.75 Å². The van der Waals surface area contributed by atoms with Crippen LogP contribution < -0.4 is 15.4 Å². The van der Waals surface area contributed by atoms with Gasteiger partial charge in [0.1, 0.15) is 17.1 Å². The van der Waals surface area contributed by atoms with E-state index in [1.165, 1.54) is 24.5 Å². The number of thiophene rings is 1. The first-order chi connectivity index (χ1) is 14.3. The van der Waals surface area contributed by atoms with Crippen LogP contribution in [0.4, 0.5) is 24.7 Å². The lowest BCUT2D eigenvalue weighted by molar-refractivity contribution is -0.173. The molecule has 2 atom stereocenters. The van der Waals surface area contributed by atoms with Crippen LogP contribution in [-0.4, -0.2) is 29.0 Å². The maximum absolute atomic E-state index is 13.7. The summed E-state index contributed by atoms with van der Waals surface area (Å²) < 4.78 is 47.2. The van der Waals surface area contributed by atoms with Crippen molar-refractivity contribution in [3.05, 3.63) is 57.4 Å². The van der Waals surface area contributed by atoms with Gasteiger partial charge in [-0.1, -0.05) is 17.7 Å². The van der Waals surface area contributed by atoms with E-state index in [4.69, 9.17) is 16.3 Å². The van der Waals surface area contributed by atoms with E-state index in [1.807, 2.05) is 0 Å². The number of nitrogens with zero attached hydrogens (tertiary/aromatic N) is 2. The Bertz CT molecular complexity index is 1070. The molecule has 2 N–H and O–H groups in total. The molecular weight excluding hydrogens is 441 g/mol. The third-order valence-corrected chi connectivity index (χ3v) is 6.00. The zero-order valence-corrected chi connectivity index (χ0v) is 17.1. The highest BCUT2D eigenvalue weighted by molar-refractivity contribution is 7.10. The first-order valence-electron chi connectivity index (χ1n) is 8.87. The van der Waals surface area contributed by atoms with Crippen LogP contribution in [-0.2, 0) is 0 Å². The van der Waals surface area contributed by atoms with Crippen molar-refractivity contribution in [2.45, 2.75) is 24.7 Å². The molecule has 0 saturated carbocycles. The summed E-state index contributed by atoms with van der Waals surface area (Å²) in [4.78, 5) is 13.6. The lowest BCUT2D eigenvalue weighted by atomic mass is 10.0. The van der Waals surface area contributed by atoms with Gasteiger partial charge in [0.15, 0.2) is 6.04 Å². The number of amides is 1. The largest absolute Gasteiger partial charge is 0.495 e. The summed E-state index contributed by atoms with van der Waals surface area (Å²) in [7, 11) is 1.43. The van der Waals surface area contributed by atoms with E-state index in [1.54, 1.807) is 29.6 Å². The number of nitrogens with one attached hydrogen (secondary N) is 2. The van der Waals surface area contributed by atoms with Gasteiger partial charge >= 0.3 is 6.18 Å². The summed E-state index contributed by atoms with van der Waals surface area (Å²) in [5.74, 6) is -0.246. The molecule has 0 unspecified atom stereocenters. The summed E-state index contributed by atoms with van der Waals surface area (Å²) >= 11 is 7.34. The second-order valence-electron chi connectivity index (χ2n) is 6.66. The van der Waals surface area contributed by atoms with Crippen molar-refractivity contribution in [3.63, 3.8) is 0 Å². The molecule has 1 aromatic carbocycles. The third kappa shape index (κ3) is 3.84. The van der Waals surface area contributed by atoms with Crippen molar-refractivity contribution in [2.75, 3.05) is 17.7 Å². The van der Waals surface area contributed by atoms with Crippen molar-refractivity contribution in [2.24, 2.45) is 0 Å². The average Bonchev–Trinajstić information content (AvgIpc) is 3.36. The average molecular weight is 457 g/mol. The molecule has 3 heterocycles. The van der Waals surface area contributed by atoms with Crippen molar-refractivity contribution in [1.82, 2.24) is 9.78 Å². The number of ether oxygens (including phenoxy) is 1. The molecule has 158 valence electrons. The summed E-state index contributed by atoms with van der Waals surface area (Å²) in [6.45, 7) is 0. The zero-order chi connectivity index (χ0) is 21.5. The summed E-state index contributed by atoms with van der Waals surface area (Å²) in [6, 6.07) is 5.77. The first-order valence-corrected chi connectivity index (χ1v) is 10.1. The predicted octanol–water partition coefficient (Wildman–Crippen LogP) is 5.52. The van der Waals surface area contributed by atoms with E-state index >= 15 is 0 Å². The predicted molar refractivity (Wildman–Crippen MR) is 109 cm³/mol. The zero-order valence-electron chi connectivity index (χ0n) is 15.5. The quantitative estimate of drug-likeness (QED) is 0.542. The van der Waals surface area contributed by atoms with Gasteiger partial charge in [-0.3, -0.25) is 4.79 Å². The molecule has 0 bridgehead atoms. The highest BCUT2D eigenvalue weighted by atomic mass is 35.5. The molecular formula is C19H16ClF3N4O2S. The second kappa shape index (κ2) is 7.84. The number of benzene rings is 1. The number of hydrogen-bond acceptors (Lipinski definition) is 5. The van der Waals surface area contributed by atoms with Crippen molar-refractivity contribution >= 4 is 40.4 Å². The molecule has 0 spiro atoms. The molecule has 1 amide bonds. The first kappa shape index (κ1) is 20.5. The lowest BCUT2D eigenvalue weighted by Gasteiger charge is -2.33. The molecule has 2 aromatic heterocycles. The Balaban J connectivity index is 1.69. The smallest absolute Gasteiger partial charge is 0.410 e. The molecule has 30 heavy (non-hydrogen) atoms. The maximum atomic E-state index is 13.7. The standard InChI is InChI=1S/C19H16ClF3N4O2S/c1-29-14-5-4-10(20)7-12(14)26-18(28)11-9-24-27-16(19(21,22)23)8-13(25-17(11)27)15-3-2-6-30-15/h2-7,9,13,16,25H,8H2,1H3,(H,26,28)/t13-,16-/m1/s1. The maximum Gasteiger partial charge on any atom is 0.410 e. The Kier molecular flexibility index (Phi) is 5.37. The number of carbonyl (C=O) groups is 1. The van der Waals surface area contributed by atoms with Crippen LogP contribution in [0.25, 0.3) is 0 Å². The number of carbonyl (C=O) groups excluding carboxylic acids is 1. The Labute approximate surface area is 178 Å². The molecule has 11 heteroatoms. The van der Waals surface area contributed by atoms with Crippen LogP contribution in [0.1, 0.15) is 33.7 Å². The lowest BCUT2D eigenvalue weighted by Crippen LogP contribution is -2.36. The molecule has 6 nitrogen and oxygen atoms in total. The van der Waals surface area contributed by atoms with Gasteiger partial charge in [-0.05, 0) is 29.6 Å². The number of halogens is 4. The number of alkyl halides is 3. The van der Waals surface area contributed by atoms with Gasteiger partial charge in [0, 0.05) is 16.3 Å². The van der Waals surface area contributed by atoms with Crippen molar-refractivity contribution in [1.29, 1.82) is 0 Å². The Morgan fingerprint density at radius 1 is 1.40 bits per heavy atom. The van der Waals surface area contributed by atoms with Gasteiger partial charge in [0.25, 0.3) is 5.91 Å². The van der Waals surface area contributed by atoms with Crippen LogP contribution in [0.3, 0.4) is 0 Å². The van der Waals surface area contributed by atoms with Gasteiger partial charge in [-0.15, -0.1) is 11.3 Å². The van der Waals surface area contributed by atoms with Crippen LogP contribution in [0.2, 0.25) is 5.02 Å². The fraction of sp³-hybridized carbons (Fsp3) is 0.263.